The van der Waals surface area contributed by atoms with Crippen LogP contribution in [0.1, 0.15) is 29.6 Å². The van der Waals surface area contributed by atoms with E-state index in [2.05, 4.69) is 4.90 Å². The van der Waals surface area contributed by atoms with E-state index in [1.807, 2.05) is 0 Å². The summed E-state index contributed by atoms with van der Waals surface area (Å²) in [7, 11) is 1.46. The van der Waals surface area contributed by atoms with Gasteiger partial charge in [0.2, 0.25) is 0 Å². The molecule has 1 aromatic rings. The lowest BCUT2D eigenvalue weighted by Crippen LogP contribution is -2.45. The number of ether oxygens (including phenoxy) is 1. The Kier molecular flexibility index (Phi) is 4.55. The first kappa shape index (κ1) is 16.2. The van der Waals surface area contributed by atoms with E-state index in [0.29, 0.717) is 25.3 Å². The van der Waals surface area contributed by atoms with Crippen molar-refractivity contribution >= 4 is 5.91 Å². The monoisotopic (exact) mass is 322 g/mol. The fourth-order valence-electron chi connectivity index (χ4n) is 3.53. The van der Waals surface area contributed by atoms with Gasteiger partial charge < -0.3 is 19.6 Å². The molecule has 1 amide bonds. The molecule has 5 nitrogen and oxygen atoms in total. The van der Waals surface area contributed by atoms with Gasteiger partial charge in [0.05, 0.1) is 24.8 Å². The van der Waals surface area contributed by atoms with Crippen molar-refractivity contribution in [3.63, 3.8) is 0 Å². The standard InChI is InChI=1S/C17H23FN2O3/c1-23-15-5-4-13(18)10-14(15)16(21)20-9-6-17(22,12-20)11-19-7-2-3-8-19/h4-5,10,22H,2-3,6-9,11-12H2,1H3. The fraction of sp³-hybridized carbons (Fsp3) is 0.588. The maximum Gasteiger partial charge on any atom is 0.257 e. The number of likely N-dealkylation sites (tertiary alicyclic amines) is 2. The second-order valence-electron chi connectivity index (χ2n) is 6.53. The summed E-state index contributed by atoms with van der Waals surface area (Å²) in [6, 6.07) is 3.91. The SMILES string of the molecule is COc1ccc(F)cc1C(=O)N1CCC(O)(CN2CCCC2)C1. The first-order valence-corrected chi connectivity index (χ1v) is 8.08. The number of carbonyl (C=O) groups is 1. The molecule has 3 rings (SSSR count). The second kappa shape index (κ2) is 6.45. The van der Waals surface area contributed by atoms with Gasteiger partial charge >= 0.3 is 0 Å². The summed E-state index contributed by atoms with van der Waals surface area (Å²) >= 11 is 0. The number of halogens is 1. The van der Waals surface area contributed by atoms with Gasteiger partial charge in [-0.25, -0.2) is 4.39 Å². The largest absolute Gasteiger partial charge is 0.496 e. The number of carbonyl (C=O) groups excluding carboxylic acids is 1. The van der Waals surface area contributed by atoms with E-state index in [4.69, 9.17) is 4.74 Å². The third-order valence-electron chi connectivity index (χ3n) is 4.73. The average molecular weight is 322 g/mol. The van der Waals surface area contributed by atoms with E-state index in [1.54, 1.807) is 4.90 Å². The highest BCUT2D eigenvalue weighted by molar-refractivity contribution is 5.97. The molecule has 0 spiro atoms. The predicted molar refractivity (Wildman–Crippen MR) is 84.1 cm³/mol. The van der Waals surface area contributed by atoms with Gasteiger partial charge in [0.25, 0.3) is 5.91 Å². The van der Waals surface area contributed by atoms with Crippen LogP contribution >= 0.6 is 0 Å². The lowest BCUT2D eigenvalue weighted by molar-refractivity contribution is 0.0175. The molecule has 0 aromatic heterocycles. The number of rotatable bonds is 4. The minimum atomic E-state index is -0.874. The van der Waals surface area contributed by atoms with Crippen LogP contribution in [0.4, 0.5) is 4.39 Å². The van der Waals surface area contributed by atoms with Crippen LogP contribution in [0.5, 0.6) is 5.75 Å². The van der Waals surface area contributed by atoms with Gasteiger partial charge in [-0.15, -0.1) is 0 Å². The van der Waals surface area contributed by atoms with Crippen LogP contribution < -0.4 is 4.74 Å². The molecule has 1 N–H and O–H groups in total. The highest BCUT2D eigenvalue weighted by Gasteiger charge is 2.40. The minimum Gasteiger partial charge on any atom is -0.496 e. The topological polar surface area (TPSA) is 53.0 Å². The van der Waals surface area contributed by atoms with Crippen molar-refractivity contribution in [3.8, 4) is 5.75 Å². The summed E-state index contributed by atoms with van der Waals surface area (Å²) in [5.41, 5.74) is -0.668. The van der Waals surface area contributed by atoms with E-state index < -0.39 is 11.4 Å². The molecule has 0 radical (unpaired) electrons. The Hall–Kier alpha value is -1.66. The van der Waals surface area contributed by atoms with Crippen molar-refractivity contribution in [3.05, 3.63) is 29.6 Å². The third-order valence-corrected chi connectivity index (χ3v) is 4.73. The molecule has 2 aliphatic rings. The molecule has 1 unspecified atom stereocenters. The van der Waals surface area contributed by atoms with Crippen molar-refractivity contribution in [2.75, 3.05) is 39.8 Å². The Balaban J connectivity index is 1.70. The van der Waals surface area contributed by atoms with Gasteiger partial charge in [-0.05, 0) is 50.6 Å². The number of hydrogen-bond acceptors (Lipinski definition) is 4. The molecule has 23 heavy (non-hydrogen) atoms. The van der Waals surface area contributed by atoms with Crippen molar-refractivity contribution in [1.29, 1.82) is 0 Å². The van der Waals surface area contributed by atoms with Crippen LogP contribution in [-0.2, 0) is 0 Å². The van der Waals surface area contributed by atoms with Crippen LogP contribution in [0.15, 0.2) is 18.2 Å². The normalized spacial score (nSPS) is 25.1. The highest BCUT2D eigenvalue weighted by atomic mass is 19.1. The molecule has 1 atom stereocenters. The van der Waals surface area contributed by atoms with Crippen molar-refractivity contribution in [1.82, 2.24) is 9.80 Å². The summed E-state index contributed by atoms with van der Waals surface area (Å²) < 4.78 is 18.6. The molecule has 2 aliphatic heterocycles. The van der Waals surface area contributed by atoms with Crippen molar-refractivity contribution in [2.24, 2.45) is 0 Å². The summed E-state index contributed by atoms with van der Waals surface area (Å²) in [6.45, 7) is 3.36. The lowest BCUT2D eigenvalue weighted by Gasteiger charge is -2.28. The highest BCUT2D eigenvalue weighted by Crippen LogP contribution is 2.28. The zero-order chi connectivity index (χ0) is 16.4. The molecular weight excluding hydrogens is 299 g/mol. The molecular formula is C17H23FN2O3. The zero-order valence-electron chi connectivity index (χ0n) is 13.4. The fourth-order valence-corrected chi connectivity index (χ4v) is 3.53. The zero-order valence-corrected chi connectivity index (χ0v) is 13.4. The van der Waals surface area contributed by atoms with Crippen molar-refractivity contribution < 1.29 is 19.0 Å². The van der Waals surface area contributed by atoms with Crippen LogP contribution in [-0.4, -0.2) is 66.2 Å². The Bertz CT molecular complexity index is 589. The van der Waals surface area contributed by atoms with Crippen LogP contribution in [0.25, 0.3) is 0 Å². The molecule has 2 fully saturated rings. The van der Waals surface area contributed by atoms with Gasteiger partial charge in [0.1, 0.15) is 11.6 Å². The number of β-amino-alcohol motifs (C(OH)–C–C–N with tert-alkyl or cyclic N) is 1. The molecule has 0 saturated carbocycles. The number of amides is 1. The van der Waals surface area contributed by atoms with Crippen LogP contribution in [0.3, 0.4) is 0 Å². The molecule has 126 valence electrons. The molecule has 0 aliphatic carbocycles. The van der Waals surface area contributed by atoms with E-state index in [0.717, 1.165) is 13.1 Å². The predicted octanol–water partition coefficient (Wildman–Crippen LogP) is 1.51. The molecule has 1 aromatic carbocycles. The first-order valence-electron chi connectivity index (χ1n) is 8.08. The van der Waals surface area contributed by atoms with E-state index in [1.165, 1.54) is 38.2 Å². The second-order valence-corrected chi connectivity index (χ2v) is 6.53. The molecule has 6 heteroatoms. The number of methoxy groups -OCH3 is 1. The molecule has 2 saturated heterocycles. The Morgan fingerprint density at radius 1 is 1.35 bits per heavy atom. The van der Waals surface area contributed by atoms with Gasteiger partial charge in [0, 0.05) is 13.1 Å². The number of nitrogens with zero attached hydrogens (tertiary/aromatic N) is 2. The van der Waals surface area contributed by atoms with Crippen LogP contribution in [0.2, 0.25) is 0 Å². The molecule has 0 bridgehead atoms. The van der Waals surface area contributed by atoms with E-state index >= 15 is 0 Å². The van der Waals surface area contributed by atoms with Gasteiger partial charge in [0.15, 0.2) is 0 Å². The number of benzene rings is 1. The Morgan fingerprint density at radius 2 is 2.09 bits per heavy atom. The minimum absolute atomic E-state index is 0.206. The number of hydrogen-bond donors (Lipinski definition) is 1. The van der Waals surface area contributed by atoms with Crippen LogP contribution in [0, 0.1) is 5.82 Å². The summed E-state index contributed by atoms with van der Waals surface area (Å²) in [5, 5.41) is 10.8. The quantitative estimate of drug-likeness (QED) is 0.913. The van der Waals surface area contributed by atoms with E-state index in [-0.39, 0.29) is 18.0 Å². The summed E-state index contributed by atoms with van der Waals surface area (Å²) in [5.74, 6) is -0.411. The smallest absolute Gasteiger partial charge is 0.257 e. The van der Waals surface area contributed by atoms with Gasteiger partial charge in [-0.3, -0.25) is 4.79 Å². The number of aliphatic hydroxyl groups is 1. The van der Waals surface area contributed by atoms with E-state index in [9.17, 15) is 14.3 Å². The summed E-state index contributed by atoms with van der Waals surface area (Å²) in [6.07, 6.45) is 2.88. The molecule has 2 heterocycles. The first-order chi connectivity index (χ1) is 11.0. The third kappa shape index (κ3) is 3.48. The van der Waals surface area contributed by atoms with Gasteiger partial charge in [-0.2, -0.15) is 0 Å². The Labute approximate surface area is 135 Å². The summed E-state index contributed by atoms with van der Waals surface area (Å²) in [4.78, 5) is 16.5. The maximum atomic E-state index is 13.5. The average Bonchev–Trinajstić information content (AvgIpc) is 3.16. The van der Waals surface area contributed by atoms with Gasteiger partial charge in [-0.1, -0.05) is 0 Å². The maximum absolute atomic E-state index is 13.5. The Morgan fingerprint density at radius 3 is 2.78 bits per heavy atom. The lowest BCUT2D eigenvalue weighted by atomic mass is 10.0. The van der Waals surface area contributed by atoms with Crippen molar-refractivity contribution in [2.45, 2.75) is 24.9 Å².